The minimum atomic E-state index is -0.896. The lowest BCUT2D eigenvalue weighted by molar-refractivity contribution is 0.421. The highest BCUT2D eigenvalue weighted by atomic mass is 16.3. The van der Waals surface area contributed by atoms with Crippen molar-refractivity contribution in [2.24, 2.45) is 0 Å². The number of hydrogen-bond acceptors (Lipinski definition) is 4. The van der Waals surface area contributed by atoms with E-state index < -0.39 is 5.41 Å². The second-order valence-corrected chi connectivity index (χ2v) is 6.70. The van der Waals surface area contributed by atoms with Crippen molar-refractivity contribution in [2.75, 3.05) is 0 Å². The molecule has 0 bridgehead atoms. The fraction of sp³-hybridized carbons (Fsp3) is 0.182. The summed E-state index contributed by atoms with van der Waals surface area (Å²) < 4.78 is 0. The van der Waals surface area contributed by atoms with Crippen LogP contribution in [0.15, 0.2) is 54.6 Å². The summed E-state index contributed by atoms with van der Waals surface area (Å²) in [5.74, 6) is -0.0384. The molecule has 4 nitrogen and oxygen atoms in total. The van der Waals surface area contributed by atoms with Gasteiger partial charge in [0.05, 0.1) is 0 Å². The molecule has 0 saturated heterocycles. The van der Waals surface area contributed by atoms with Crippen LogP contribution in [0.4, 0.5) is 0 Å². The van der Waals surface area contributed by atoms with E-state index in [9.17, 15) is 20.4 Å². The van der Waals surface area contributed by atoms with Gasteiger partial charge in [0, 0.05) is 27.7 Å². The first kappa shape index (κ1) is 17.7. The van der Waals surface area contributed by atoms with Crippen molar-refractivity contribution < 1.29 is 20.4 Å². The van der Waals surface area contributed by atoms with Crippen molar-refractivity contribution >= 4 is 0 Å². The first-order valence-corrected chi connectivity index (χ1v) is 8.38. The number of rotatable bonds is 3. The van der Waals surface area contributed by atoms with Gasteiger partial charge in [-0.05, 0) is 38.5 Å². The predicted molar refractivity (Wildman–Crippen MR) is 101 cm³/mol. The molecule has 3 aromatic rings. The second-order valence-electron chi connectivity index (χ2n) is 6.70. The molecule has 0 saturated carbocycles. The third-order valence-corrected chi connectivity index (χ3v) is 5.23. The molecule has 0 unspecified atom stereocenters. The van der Waals surface area contributed by atoms with Crippen LogP contribution in [-0.2, 0) is 5.41 Å². The molecule has 0 spiro atoms. The Morgan fingerprint density at radius 1 is 0.615 bits per heavy atom. The van der Waals surface area contributed by atoms with E-state index in [-0.39, 0.29) is 23.0 Å². The smallest absolute Gasteiger partial charge is 0.126 e. The van der Waals surface area contributed by atoms with Crippen molar-refractivity contribution in [1.82, 2.24) is 0 Å². The van der Waals surface area contributed by atoms with Gasteiger partial charge in [-0.15, -0.1) is 0 Å². The monoisotopic (exact) mass is 350 g/mol. The molecular formula is C22H22O4. The molecule has 0 fully saturated rings. The van der Waals surface area contributed by atoms with Gasteiger partial charge in [0.15, 0.2) is 0 Å². The fourth-order valence-corrected chi connectivity index (χ4v) is 3.41. The van der Waals surface area contributed by atoms with Crippen molar-refractivity contribution in [3.05, 3.63) is 82.4 Å². The Bertz CT molecular complexity index is 904. The van der Waals surface area contributed by atoms with E-state index in [0.29, 0.717) is 22.3 Å². The highest BCUT2D eigenvalue weighted by molar-refractivity contribution is 5.63. The van der Waals surface area contributed by atoms with Crippen LogP contribution < -0.4 is 0 Å². The molecule has 0 amide bonds. The Labute approximate surface area is 152 Å². The maximum atomic E-state index is 10.8. The standard InChI is InChI=1S/C22H22O4/c1-13-18(23)11-9-16(20(13)25)22(3,15-7-5-4-6-8-15)17-10-12-19(24)14(2)21(17)26/h4-12,23-26H,1-3H3. The molecule has 26 heavy (non-hydrogen) atoms. The van der Waals surface area contributed by atoms with Crippen molar-refractivity contribution in [3.8, 4) is 23.0 Å². The Hall–Kier alpha value is -3.14. The second kappa shape index (κ2) is 6.30. The summed E-state index contributed by atoms with van der Waals surface area (Å²) in [6, 6.07) is 15.9. The van der Waals surface area contributed by atoms with E-state index in [1.165, 1.54) is 12.1 Å². The number of hydrogen-bond donors (Lipinski definition) is 4. The van der Waals surface area contributed by atoms with E-state index >= 15 is 0 Å². The van der Waals surface area contributed by atoms with Gasteiger partial charge in [-0.25, -0.2) is 0 Å². The summed E-state index contributed by atoms with van der Waals surface area (Å²) in [4.78, 5) is 0. The fourth-order valence-electron chi connectivity index (χ4n) is 3.41. The van der Waals surface area contributed by atoms with Gasteiger partial charge in [-0.3, -0.25) is 0 Å². The summed E-state index contributed by atoms with van der Waals surface area (Å²) in [5, 5.41) is 41.4. The maximum Gasteiger partial charge on any atom is 0.126 e. The molecule has 0 aromatic heterocycles. The zero-order chi connectivity index (χ0) is 19.1. The SMILES string of the molecule is Cc1c(O)ccc(C(C)(c2ccccc2)c2ccc(O)c(C)c2O)c1O. The third kappa shape index (κ3) is 2.54. The van der Waals surface area contributed by atoms with E-state index in [1.807, 2.05) is 37.3 Å². The van der Waals surface area contributed by atoms with Gasteiger partial charge in [0.25, 0.3) is 0 Å². The van der Waals surface area contributed by atoms with Gasteiger partial charge in [-0.1, -0.05) is 42.5 Å². The molecule has 0 aliphatic heterocycles. The van der Waals surface area contributed by atoms with Gasteiger partial charge in [0.1, 0.15) is 23.0 Å². The molecule has 0 heterocycles. The first-order chi connectivity index (χ1) is 12.3. The molecule has 3 rings (SSSR count). The number of benzene rings is 3. The van der Waals surface area contributed by atoms with Crippen molar-refractivity contribution in [1.29, 1.82) is 0 Å². The number of phenols is 4. The van der Waals surface area contributed by atoms with Crippen molar-refractivity contribution in [2.45, 2.75) is 26.2 Å². The molecule has 0 aliphatic carbocycles. The molecule has 0 atom stereocenters. The Kier molecular flexibility index (Phi) is 4.28. The van der Waals surface area contributed by atoms with Crippen LogP contribution in [0.1, 0.15) is 34.7 Å². The Morgan fingerprint density at radius 2 is 1.04 bits per heavy atom. The van der Waals surface area contributed by atoms with Crippen LogP contribution in [0.3, 0.4) is 0 Å². The van der Waals surface area contributed by atoms with E-state index in [2.05, 4.69) is 0 Å². The Balaban J connectivity index is 2.40. The zero-order valence-corrected chi connectivity index (χ0v) is 15.0. The minimum Gasteiger partial charge on any atom is -0.508 e. The molecule has 134 valence electrons. The van der Waals surface area contributed by atoms with Crippen LogP contribution in [0, 0.1) is 13.8 Å². The summed E-state index contributed by atoms with van der Waals surface area (Å²) in [6.07, 6.45) is 0. The zero-order valence-electron chi connectivity index (χ0n) is 15.0. The predicted octanol–water partition coefficient (Wildman–Crippen LogP) is 4.48. The summed E-state index contributed by atoms with van der Waals surface area (Å²) in [7, 11) is 0. The highest BCUT2D eigenvalue weighted by Crippen LogP contribution is 2.49. The lowest BCUT2D eigenvalue weighted by Crippen LogP contribution is -2.26. The molecule has 4 N–H and O–H groups in total. The molecule has 4 heteroatoms. The topological polar surface area (TPSA) is 80.9 Å². The maximum absolute atomic E-state index is 10.8. The number of aromatic hydroxyl groups is 4. The summed E-state index contributed by atoms with van der Waals surface area (Å²) in [5.41, 5.74) is 1.82. The summed E-state index contributed by atoms with van der Waals surface area (Å²) >= 11 is 0. The van der Waals surface area contributed by atoms with Gasteiger partial charge in [-0.2, -0.15) is 0 Å². The van der Waals surface area contributed by atoms with Gasteiger partial charge in [0.2, 0.25) is 0 Å². The van der Waals surface area contributed by atoms with E-state index in [4.69, 9.17) is 0 Å². The van der Waals surface area contributed by atoms with Crippen LogP contribution in [0.2, 0.25) is 0 Å². The number of phenolic OH excluding ortho intramolecular Hbond substituents is 4. The molecule has 3 aromatic carbocycles. The van der Waals surface area contributed by atoms with E-state index in [1.54, 1.807) is 26.0 Å². The van der Waals surface area contributed by atoms with E-state index in [0.717, 1.165) is 5.56 Å². The first-order valence-electron chi connectivity index (χ1n) is 8.38. The van der Waals surface area contributed by atoms with Crippen LogP contribution in [0.25, 0.3) is 0 Å². The average molecular weight is 350 g/mol. The third-order valence-electron chi connectivity index (χ3n) is 5.23. The highest BCUT2D eigenvalue weighted by Gasteiger charge is 2.37. The van der Waals surface area contributed by atoms with Crippen LogP contribution in [-0.4, -0.2) is 20.4 Å². The minimum absolute atomic E-state index is 0.00719. The van der Waals surface area contributed by atoms with Gasteiger partial charge >= 0.3 is 0 Å². The summed E-state index contributed by atoms with van der Waals surface area (Å²) in [6.45, 7) is 5.18. The van der Waals surface area contributed by atoms with Crippen molar-refractivity contribution in [3.63, 3.8) is 0 Å². The average Bonchev–Trinajstić information content (AvgIpc) is 2.64. The lowest BCUT2D eigenvalue weighted by atomic mass is 9.69. The lowest BCUT2D eigenvalue weighted by Gasteiger charge is -2.33. The quantitative estimate of drug-likeness (QED) is 0.525. The largest absolute Gasteiger partial charge is 0.508 e. The Morgan fingerprint density at radius 3 is 1.46 bits per heavy atom. The molecule has 0 aliphatic rings. The van der Waals surface area contributed by atoms with Gasteiger partial charge < -0.3 is 20.4 Å². The molecular weight excluding hydrogens is 328 g/mol. The van der Waals surface area contributed by atoms with Crippen LogP contribution in [0.5, 0.6) is 23.0 Å². The van der Waals surface area contributed by atoms with Crippen LogP contribution >= 0.6 is 0 Å². The normalized spacial score (nSPS) is 11.5. The molecule has 0 radical (unpaired) electrons.